The predicted octanol–water partition coefficient (Wildman–Crippen LogP) is 1.11. The van der Waals surface area contributed by atoms with E-state index < -0.39 is 18.1 Å². The third kappa shape index (κ3) is 4.47. The van der Waals surface area contributed by atoms with Gasteiger partial charge in [0.15, 0.2) is 6.10 Å². The Morgan fingerprint density at radius 3 is 2.67 bits per heavy atom. The van der Waals surface area contributed by atoms with Gasteiger partial charge >= 0.3 is 5.97 Å². The molecule has 2 atom stereocenters. The molecule has 0 saturated carbocycles. The summed E-state index contributed by atoms with van der Waals surface area (Å²) in [5, 5.41) is 2.65. The van der Waals surface area contributed by atoms with Crippen molar-refractivity contribution in [1.82, 2.24) is 10.2 Å². The van der Waals surface area contributed by atoms with E-state index in [-0.39, 0.29) is 18.2 Å². The van der Waals surface area contributed by atoms with Gasteiger partial charge in [-0.05, 0) is 31.2 Å². The Balaban J connectivity index is 2.07. The number of carbonyl (C=O) groups excluding carboxylic acids is 3. The molecule has 0 radical (unpaired) electrons. The second-order valence-electron chi connectivity index (χ2n) is 5.33. The number of methoxy groups -OCH3 is 1. The van der Waals surface area contributed by atoms with Crippen LogP contribution in [0.2, 0.25) is 0 Å². The number of esters is 1. The van der Waals surface area contributed by atoms with Crippen LogP contribution >= 0.6 is 15.9 Å². The summed E-state index contributed by atoms with van der Waals surface area (Å²) in [5.41, 5.74) is 0. The SMILES string of the molecule is COC(=O)C[C@H]1C(=O)NCCN1C(=O)[C@H](C)Oc1ccc(Br)cc1. The standard InChI is InChI=1S/C16H19BrN2O5/c1-10(24-12-5-3-11(17)4-6-12)16(22)19-8-7-18-15(21)13(19)9-14(20)23-2/h3-6,10,13H,7-9H2,1-2H3,(H,18,21)/t10-,13-/m0/s1. The van der Waals surface area contributed by atoms with Gasteiger partial charge in [-0.25, -0.2) is 0 Å². The highest BCUT2D eigenvalue weighted by molar-refractivity contribution is 9.10. The van der Waals surface area contributed by atoms with Crippen molar-refractivity contribution in [2.24, 2.45) is 0 Å². The molecule has 2 rings (SSSR count). The summed E-state index contributed by atoms with van der Waals surface area (Å²) in [6.07, 6.45) is -0.962. The van der Waals surface area contributed by atoms with Crippen molar-refractivity contribution in [3.05, 3.63) is 28.7 Å². The summed E-state index contributed by atoms with van der Waals surface area (Å²) in [4.78, 5) is 37.6. The van der Waals surface area contributed by atoms with E-state index in [9.17, 15) is 14.4 Å². The molecule has 24 heavy (non-hydrogen) atoms. The van der Waals surface area contributed by atoms with E-state index in [1.807, 2.05) is 0 Å². The van der Waals surface area contributed by atoms with Gasteiger partial charge in [0.05, 0.1) is 13.5 Å². The first-order chi connectivity index (χ1) is 11.4. The molecule has 1 aromatic carbocycles. The van der Waals surface area contributed by atoms with Gasteiger partial charge in [-0.1, -0.05) is 15.9 Å². The maximum absolute atomic E-state index is 12.7. The number of amides is 2. The van der Waals surface area contributed by atoms with Gasteiger partial charge in [0.2, 0.25) is 5.91 Å². The van der Waals surface area contributed by atoms with Crippen LogP contribution in [0.1, 0.15) is 13.3 Å². The lowest BCUT2D eigenvalue weighted by Crippen LogP contribution is -2.60. The van der Waals surface area contributed by atoms with Crippen LogP contribution in [0.15, 0.2) is 28.7 Å². The van der Waals surface area contributed by atoms with E-state index in [4.69, 9.17) is 4.74 Å². The topological polar surface area (TPSA) is 84.9 Å². The number of halogens is 1. The second kappa shape index (κ2) is 8.14. The van der Waals surface area contributed by atoms with Crippen molar-refractivity contribution in [3.8, 4) is 5.75 Å². The van der Waals surface area contributed by atoms with Crippen LogP contribution in [0, 0.1) is 0 Å². The van der Waals surface area contributed by atoms with Gasteiger partial charge in [-0.15, -0.1) is 0 Å². The van der Waals surface area contributed by atoms with Crippen LogP contribution in [0.5, 0.6) is 5.75 Å². The highest BCUT2D eigenvalue weighted by Crippen LogP contribution is 2.19. The fourth-order valence-electron chi connectivity index (χ4n) is 2.42. The first-order valence-corrected chi connectivity index (χ1v) is 8.29. The van der Waals surface area contributed by atoms with E-state index in [0.717, 1.165) is 4.47 Å². The maximum atomic E-state index is 12.7. The molecule has 1 aliphatic heterocycles. The van der Waals surface area contributed by atoms with Crippen LogP contribution in [0.4, 0.5) is 0 Å². The first-order valence-electron chi connectivity index (χ1n) is 7.49. The molecule has 7 nitrogen and oxygen atoms in total. The smallest absolute Gasteiger partial charge is 0.308 e. The summed E-state index contributed by atoms with van der Waals surface area (Å²) in [6, 6.07) is 6.21. The average molecular weight is 399 g/mol. The molecular weight excluding hydrogens is 380 g/mol. The number of hydrogen-bond donors (Lipinski definition) is 1. The number of hydrogen-bond acceptors (Lipinski definition) is 5. The van der Waals surface area contributed by atoms with Gasteiger partial charge < -0.3 is 19.7 Å². The Morgan fingerprint density at radius 1 is 1.38 bits per heavy atom. The Kier molecular flexibility index (Phi) is 6.19. The van der Waals surface area contributed by atoms with Crippen molar-refractivity contribution < 1.29 is 23.9 Å². The molecule has 130 valence electrons. The van der Waals surface area contributed by atoms with E-state index in [0.29, 0.717) is 18.8 Å². The third-order valence-electron chi connectivity index (χ3n) is 3.68. The van der Waals surface area contributed by atoms with Crippen LogP contribution in [-0.2, 0) is 19.1 Å². The fraction of sp³-hybridized carbons (Fsp3) is 0.438. The van der Waals surface area contributed by atoms with Gasteiger partial charge in [-0.3, -0.25) is 14.4 Å². The number of nitrogens with one attached hydrogen (secondary N) is 1. The molecule has 1 heterocycles. The summed E-state index contributed by atoms with van der Waals surface area (Å²) in [7, 11) is 1.24. The minimum Gasteiger partial charge on any atom is -0.481 e. The molecule has 0 aromatic heterocycles. The van der Waals surface area contributed by atoms with E-state index in [1.54, 1.807) is 31.2 Å². The lowest BCUT2D eigenvalue weighted by atomic mass is 10.1. The highest BCUT2D eigenvalue weighted by Gasteiger charge is 2.37. The molecule has 1 aromatic rings. The zero-order valence-corrected chi connectivity index (χ0v) is 15.0. The van der Waals surface area contributed by atoms with Gasteiger partial charge in [0, 0.05) is 17.6 Å². The molecule has 1 saturated heterocycles. The quantitative estimate of drug-likeness (QED) is 0.750. The van der Waals surface area contributed by atoms with Gasteiger partial charge in [-0.2, -0.15) is 0 Å². The minimum atomic E-state index is -0.880. The Bertz CT molecular complexity index is 619. The number of ether oxygens (including phenoxy) is 2. The predicted molar refractivity (Wildman–Crippen MR) is 89.4 cm³/mol. The molecule has 1 N–H and O–H groups in total. The normalized spacial score (nSPS) is 18.5. The monoisotopic (exact) mass is 398 g/mol. The molecule has 1 aliphatic rings. The molecule has 0 unspecified atom stereocenters. The largest absolute Gasteiger partial charge is 0.481 e. The summed E-state index contributed by atoms with van der Waals surface area (Å²) in [5.74, 6) is -0.709. The Morgan fingerprint density at radius 2 is 2.04 bits per heavy atom. The molecule has 8 heteroatoms. The molecule has 0 aliphatic carbocycles. The molecule has 0 spiro atoms. The third-order valence-corrected chi connectivity index (χ3v) is 4.20. The average Bonchev–Trinajstić information content (AvgIpc) is 2.57. The Hall–Kier alpha value is -2.09. The van der Waals surface area contributed by atoms with Crippen molar-refractivity contribution in [2.45, 2.75) is 25.5 Å². The lowest BCUT2D eigenvalue weighted by Gasteiger charge is -2.35. The van der Waals surface area contributed by atoms with Crippen LogP contribution < -0.4 is 10.1 Å². The first kappa shape index (κ1) is 18.3. The highest BCUT2D eigenvalue weighted by atomic mass is 79.9. The summed E-state index contributed by atoms with van der Waals surface area (Å²) >= 11 is 3.33. The molecule has 0 bridgehead atoms. The zero-order chi connectivity index (χ0) is 17.7. The van der Waals surface area contributed by atoms with Crippen LogP contribution in [-0.4, -0.2) is 55.0 Å². The van der Waals surface area contributed by atoms with Crippen molar-refractivity contribution in [2.75, 3.05) is 20.2 Å². The van der Waals surface area contributed by atoms with E-state index in [1.165, 1.54) is 12.0 Å². The van der Waals surface area contributed by atoms with Gasteiger partial charge in [0.1, 0.15) is 11.8 Å². The van der Waals surface area contributed by atoms with Crippen molar-refractivity contribution in [1.29, 1.82) is 0 Å². The van der Waals surface area contributed by atoms with Crippen LogP contribution in [0.3, 0.4) is 0 Å². The number of piperazine rings is 1. The molecule has 2 amide bonds. The van der Waals surface area contributed by atoms with E-state index in [2.05, 4.69) is 26.0 Å². The van der Waals surface area contributed by atoms with Crippen molar-refractivity contribution in [3.63, 3.8) is 0 Å². The molecule has 1 fully saturated rings. The number of carbonyl (C=O) groups is 3. The Labute approximate surface area is 148 Å². The zero-order valence-electron chi connectivity index (χ0n) is 13.5. The van der Waals surface area contributed by atoms with E-state index >= 15 is 0 Å². The minimum absolute atomic E-state index is 0.181. The molecular formula is C16H19BrN2O5. The summed E-state index contributed by atoms with van der Waals surface area (Å²) < 4.78 is 11.1. The number of nitrogens with zero attached hydrogens (tertiary/aromatic N) is 1. The van der Waals surface area contributed by atoms with Crippen LogP contribution in [0.25, 0.3) is 0 Å². The van der Waals surface area contributed by atoms with Crippen molar-refractivity contribution >= 4 is 33.7 Å². The second-order valence-corrected chi connectivity index (χ2v) is 6.25. The lowest BCUT2D eigenvalue weighted by molar-refractivity contribution is -0.153. The fourth-order valence-corrected chi connectivity index (χ4v) is 2.69. The maximum Gasteiger partial charge on any atom is 0.308 e. The number of rotatable bonds is 5. The summed E-state index contributed by atoms with van der Waals surface area (Å²) in [6.45, 7) is 2.28. The van der Waals surface area contributed by atoms with Gasteiger partial charge in [0.25, 0.3) is 5.91 Å². The number of benzene rings is 1.